The van der Waals surface area contributed by atoms with Crippen molar-refractivity contribution < 1.29 is 9.59 Å². The Morgan fingerprint density at radius 1 is 1.38 bits per heavy atom. The fraction of sp³-hybridized carbons (Fsp3) is 0.294. The molecule has 1 unspecified atom stereocenters. The molecule has 1 fully saturated rings. The van der Waals surface area contributed by atoms with E-state index in [1.54, 1.807) is 31.2 Å². The molecule has 24 heavy (non-hydrogen) atoms. The van der Waals surface area contributed by atoms with Crippen molar-refractivity contribution in [2.24, 2.45) is 0 Å². The van der Waals surface area contributed by atoms with Crippen LogP contribution in [0.5, 0.6) is 0 Å². The first-order valence-corrected chi connectivity index (χ1v) is 8.24. The Morgan fingerprint density at radius 3 is 2.75 bits per heavy atom. The van der Waals surface area contributed by atoms with Gasteiger partial charge in [-0.15, -0.1) is 11.3 Å². The Hall–Kier alpha value is -2.72. The van der Waals surface area contributed by atoms with E-state index in [4.69, 9.17) is 5.26 Å². The van der Waals surface area contributed by atoms with Crippen molar-refractivity contribution in [1.29, 1.82) is 5.26 Å². The van der Waals surface area contributed by atoms with Crippen LogP contribution in [-0.4, -0.2) is 21.8 Å². The quantitative estimate of drug-likeness (QED) is 0.870. The van der Waals surface area contributed by atoms with Crippen LogP contribution in [0, 0.1) is 25.2 Å². The Kier molecular flexibility index (Phi) is 3.85. The van der Waals surface area contributed by atoms with E-state index in [-0.39, 0.29) is 12.5 Å². The number of hydrogen-bond donors (Lipinski definition) is 1. The zero-order valence-corrected chi connectivity index (χ0v) is 14.4. The molecule has 0 saturated carbocycles. The highest BCUT2D eigenvalue weighted by atomic mass is 32.1. The first kappa shape index (κ1) is 16.1. The highest BCUT2D eigenvalue weighted by Crippen LogP contribution is 2.31. The molecule has 0 aliphatic carbocycles. The molecule has 3 rings (SSSR count). The van der Waals surface area contributed by atoms with Gasteiger partial charge in [0.15, 0.2) is 0 Å². The summed E-state index contributed by atoms with van der Waals surface area (Å²) >= 11 is 1.48. The van der Waals surface area contributed by atoms with Gasteiger partial charge in [-0.25, -0.2) is 9.78 Å². The average molecular weight is 340 g/mol. The third kappa shape index (κ3) is 2.55. The van der Waals surface area contributed by atoms with Crippen LogP contribution in [-0.2, 0) is 16.9 Å². The normalized spacial score (nSPS) is 20.2. The van der Waals surface area contributed by atoms with Crippen LogP contribution in [0.25, 0.3) is 0 Å². The predicted octanol–water partition coefficient (Wildman–Crippen LogP) is 2.60. The second-order valence-corrected chi connectivity index (χ2v) is 7.18. The minimum absolute atomic E-state index is 0.150. The smallest absolute Gasteiger partial charge is 0.319 e. The number of amides is 3. The lowest BCUT2D eigenvalue weighted by Gasteiger charge is -2.22. The van der Waals surface area contributed by atoms with Gasteiger partial charge in [-0.05, 0) is 38.5 Å². The minimum atomic E-state index is -1.18. The Morgan fingerprint density at radius 2 is 2.12 bits per heavy atom. The van der Waals surface area contributed by atoms with E-state index in [9.17, 15) is 9.59 Å². The minimum Gasteiger partial charge on any atom is -0.319 e. The second kappa shape index (κ2) is 5.73. The SMILES string of the molecule is Cc1nc(CN2C(=O)NC(C)(c3cccc(C#N)c3)C2=O)sc1C. The molecule has 1 aromatic heterocycles. The number of hydrogen-bond acceptors (Lipinski definition) is 5. The second-order valence-electron chi connectivity index (χ2n) is 5.89. The molecule has 7 heteroatoms. The van der Waals surface area contributed by atoms with Crippen molar-refractivity contribution in [1.82, 2.24) is 15.2 Å². The lowest BCUT2D eigenvalue weighted by Crippen LogP contribution is -2.40. The molecule has 0 spiro atoms. The summed E-state index contributed by atoms with van der Waals surface area (Å²) in [6.45, 7) is 5.66. The molecule has 1 saturated heterocycles. The molecule has 6 nitrogen and oxygen atoms in total. The van der Waals surface area contributed by atoms with Crippen molar-refractivity contribution in [2.45, 2.75) is 32.9 Å². The maximum atomic E-state index is 12.9. The number of aromatic nitrogens is 1. The van der Waals surface area contributed by atoms with E-state index in [0.29, 0.717) is 11.1 Å². The van der Waals surface area contributed by atoms with Crippen LogP contribution in [0.3, 0.4) is 0 Å². The zero-order chi connectivity index (χ0) is 17.5. The van der Waals surface area contributed by atoms with Gasteiger partial charge in [0.2, 0.25) is 0 Å². The number of urea groups is 1. The van der Waals surface area contributed by atoms with E-state index >= 15 is 0 Å². The van der Waals surface area contributed by atoms with Crippen LogP contribution in [0.2, 0.25) is 0 Å². The van der Waals surface area contributed by atoms with Gasteiger partial charge in [0.25, 0.3) is 5.91 Å². The van der Waals surface area contributed by atoms with Crippen LogP contribution in [0.4, 0.5) is 4.79 Å². The Balaban J connectivity index is 1.91. The van der Waals surface area contributed by atoms with Gasteiger partial charge < -0.3 is 5.32 Å². The maximum absolute atomic E-state index is 12.9. The maximum Gasteiger partial charge on any atom is 0.325 e. The number of nitriles is 1. The first-order valence-electron chi connectivity index (χ1n) is 7.43. The molecule has 2 aromatic rings. The van der Waals surface area contributed by atoms with Gasteiger partial charge in [0, 0.05) is 4.88 Å². The Labute approximate surface area is 143 Å². The molecule has 0 radical (unpaired) electrons. The number of aryl methyl sites for hydroxylation is 2. The number of imide groups is 1. The molecule has 122 valence electrons. The van der Waals surface area contributed by atoms with E-state index in [0.717, 1.165) is 15.6 Å². The number of nitrogens with zero attached hydrogens (tertiary/aromatic N) is 3. The summed E-state index contributed by atoms with van der Waals surface area (Å²) in [5.41, 5.74) is 0.770. The van der Waals surface area contributed by atoms with Crippen LogP contribution in [0.1, 0.15) is 33.6 Å². The number of carbonyl (C=O) groups is 2. The van der Waals surface area contributed by atoms with Crippen molar-refractivity contribution >= 4 is 23.3 Å². The monoisotopic (exact) mass is 340 g/mol. The van der Waals surface area contributed by atoms with Crippen molar-refractivity contribution in [3.8, 4) is 6.07 Å². The van der Waals surface area contributed by atoms with E-state index in [1.807, 2.05) is 19.9 Å². The van der Waals surface area contributed by atoms with Crippen molar-refractivity contribution in [3.63, 3.8) is 0 Å². The van der Waals surface area contributed by atoms with Crippen LogP contribution < -0.4 is 5.32 Å². The summed E-state index contributed by atoms with van der Waals surface area (Å²) in [5.74, 6) is -0.340. The molecule has 1 N–H and O–H groups in total. The summed E-state index contributed by atoms with van der Waals surface area (Å²) in [6.07, 6.45) is 0. The zero-order valence-electron chi connectivity index (χ0n) is 13.6. The molecular formula is C17H16N4O2S. The molecule has 2 heterocycles. The van der Waals surface area contributed by atoms with Gasteiger partial charge in [0.1, 0.15) is 10.5 Å². The highest BCUT2D eigenvalue weighted by Gasteiger charge is 2.49. The van der Waals surface area contributed by atoms with Gasteiger partial charge in [0.05, 0.1) is 23.9 Å². The van der Waals surface area contributed by atoms with Crippen molar-refractivity contribution in [3.05, 3.63) is 51.0 Å². The van der Waals surface area contributed by atoms with E-state index in [2.05, 4.69) is 10.3 Å². The highest BCUT2D eigenvalue weighted by molar-refractivity contribution is 7.11. The lowest BCUT2D eigenvalue weighted by atomic mass is 9.91. The van der Waals surface area contributed by atoms with Gasteiger partial charge in [-0.1, -0.05) is 12.1 Å². The molecule has 1 atom stereocenters. The van der Waals surface area contributed by atoms with E-state index in [1.165, 1.54) is 16.2 Å². The molecule has 3 amide bonds. The number of benzene rings is 1. The lowest BCUT2D eigenvalue weighted by molar-refractivity contribution is -0.131. The predicted molar refractivity (Wildman–Crippen MR) is 89.2 cm³/mol. The van der Waals surface area contributed by atoms with Gasteiger partial charge in [-0.2, -0.15) is 5.26 Å². The number of nitrogens with one attached hydrogen (secondary N) is 1. The summed E-state index contributed by atoms with van der Waals surface area (Å²) in [5, 5.41) is 12.5. The Bertz CT molecular complexity index is 863. The third-order valence-corrected chi connectivity index (χ3v) is 5.27. The number of rotatable bonds is 3. The molecule has 1 aromatic carbocycles. The summed E-state index contributed by atoms with van der Waals surface area (Å²) in [4.78, 5) is 31.8. The molecule has 1 aliphatic heterocycles. The number of carbonyl (C=O) groups excluding carboxylic acids is 2. The van der Waals surface area contributed by atoms with Crippen LogP contribution >= 0.6 is 11.3 Å². The van der Waals surface area contributed by atoms with Gasteiger partial charge in [-0.3, -0.25) is 9.69 Å². The fourth-order valence-electron chi connectivity index (χ4n) is 2.68. The number of thiazole rings is 1. The summed E-state index contributed by atoms with van der Waals surface area (Å²) in [7, 11) is 0. The van der Waals surface area contributed by atoms with Crippen molar-refractivity contribution in [2.75, 3.05) is 0 Å². The summed E-state index contributed by atoms with van der Waals surface area (Å²) in [6, 6.07) is 8.32. The molecule has 1 aliphatic rings. The fourth-order valence-corrected chi connectivity index (χ4v) is 3.60. The standard InChI is InChI=1S/C17H16N4O2S/c1-10-11(2)24-14(19-10)9-21-15(22)17(3,20-16(21)23)13-6-4-5-12(7-13)8-18/h4-7H,9H2,1-3H3,(H,20,23). The van der Waals surface area contributed by atoms with E-state index < -0.39 is 11.6 Å². The van der Waals surface area contributed by atoms with Gasteiger partial charge >= 0.3 is 6.03 Å². The third-order valence-electron chi connectivity index (χ3n) is 4.21. The summed E-state index contributed by atoms with van der Waals surface area (Å²) < 4.78 is 0. The topological polar surface area (TPSA) is 86.1 Å². The average Bonchev–Trinajstić information content (AvgIpc) is 2.99. The largest absolute Gasteiger partial charge is 0.325 e. The van der Waals surface area contributed by atoms with Crippen LogP contribution in [0.15, 0.2) is 24.3 Å². The molecule has 0 bridgehead atoms. The first-order chi connectivity index (χ1) is 11.3. The molecular weight excluding hydrogens is 324 g/mol.